The zero-order chi connectivity index (χ0) is 14.8. The van der Waals surface area contributed by atoms with Gasteiger partial charge in [-0.15, -0.1) is 0 Å². The molecule has 1 saturated carbocycles. The van der Waals surface area contributed by atoms with Gasteiger partial charge in [0, 0.05) is 12.5 Å². The topological polar surface area (TPSA) is 46.2 Å². The molecule has 0 heterocycles. The molecule has 20 heavy (non-hydrogen) atoms. The third-order valence-corrected chi connectivity index (χ3v) is 5.13. The van der Waals surface area contributed by atoms with E-state index in [0.29, 0.717) is 12.5 Å². The van der Waals surface area contributed by atoms with E-state index < -0.39 is 0 Å². The van der Waals surface area contributed by atoms with Gasteiger partial charge in [0.15, 0.2) is 0 Å². The van der Waals surface area contributed by atoms with Crippen molar-refractivity contribution in [2.24, 2.45) is 11.1 Å². The average Bonchev–Trinajstić information content (AvgIpc) is 2.88. The minimum absolute atomic E-state index is 0.0424. The van der Waals surface area contributed by atoms with Crippen LogP contribution >= 0.6 is 0 Å². The lowest BCUT2D eigenvalue weighted by Crippen LogP contribution is -2.38. The summed E-state index contributed by atoms with van der Waals surface area (Å²) in [5.41, 5.74) is 8.53. The first kappa shape index (κ1) is 15.5. The third kappa shape index (κ3) is 3.07. The van der Waals surface area contributed by atoms with Crippen LogP contribution in [0.3, 0.4) is 0 Å². The number of aliphatic hydroxyl groups is 1. The van der Waals surface area contributed by atoms with E-state index in [1.165, 1.54) is 24.0 Å². The highest BCUT2D eigenvalue weighted by molar-refractivity contribution is 5.28. The fraction of sp³-hybridized carbons (Fsp3) is 0.667. The Bertz CT molecular complexity index is 418. The summed E-state index contributed by atoms with van der Waals surface area (Å²) in [4.78, 5) is 0. The van der Waals surface area contributed by atoms with E-state index in [1.807, 2.05) is 0 Å². The van der Waals surface area contributed by atoms with Gasteiger partial charge in [-0.25, -0.2) is 0 Å². The molecule has 0 saturated heterocycles. The van der Waals surface area contributed by atoms with Crippen LogP contribution in [0.5, 0.6) is 0 Å². The Labute approximate surface area is 123 Å². The van der Waals surface area contributed by atoms with Gasteiger partial charge in [0.1, 0.15) is 0 Å². The highest BCUT2D eigenvalue weighted by atomic mass is 16.3. The standard InChI is InChI=1S/C18H29NO/c1-13(2)14-6-8-15(9-7-14)16(12-19)17(20)18(3)10-4-5-11-18/h6-9,13,16-17,20H,4-5,10-12,19H2,1-3H3. The van der Waals surface area contributed by atoms with E-state index in [0.717, 1.165) is 12.8 Å². The Morgan fingerprint density at radius 2 is 1.60 bits per heavy atom. The second-order valence-corrected chi connectivity index (χ2v) is 6.97. The second-order valence-electron chi connectivity index (χ2n) is 6.97. The molecule has 2 atom stereocenters. The molecule has 2 nitrogen and oxygen atoms in total. The van der Waals surface area contributed by atoms with Gasteiger partial charge in [0.2, 0.25) is 0 Å². The molecule has 112 valence electrons. The maximum absolute atomic E-state index is 10.8. The van der Waals surface area contributed by atoms with Crippen LogP contribution < -0.4 is 5.73 Å². The van der Waals surface area contributed by atoms with Crippen molar-refractivity contribution in [1.29, 1.82) is 0 Å². The molecule has 1 fully saturated rings. The minimum atomic E-state index is -0.333. The fourth-order valence-corrected chi connectivity index (χ4v) is 3.54. The van der Waals surface area contributed by atoms with Crippen molar-refractivity contribution in [2.45, 2.75) is 64.4 Å². The summed E-state index contributed by atoms with van der Waals surface area (Å²) in [6, 6.07) is 8.64. The molecule has 2 rings (SSSR count). The number of hydrogen-bond acceptors (Lipinski definition) is 2. The van der Waals surface area contributed by atoms with Gasteiger partial charge in [0.25, 0.3) is 0 Å². The molecule has 2 heteroatoms. The van der Waals surface area contributed by atoms with Crippen molar-refractivity contribution in [3.05, 3.63) is 35.4 Å². The number of hydrogen-bond donors (Lipinski definition) is 2. The van der Waals surface area contributed by atoms with E-state index in [-0.39, 0.29) is 17.4 Å². The molecule has 2 unspecified atom stereocenters. The Morgan fingerprint density at radius 1 is 1.10 bits per heavy atom. The Kier molecular flexibility index (Phi) is 4.87. The lowest BCUT2D eigenvalue weighted by molar-refractivity contribution is 0.0213. The number of aliphatic hydroxyl groups excluding tert-OH is 1. The van der Waals surface area contributed by atoms with E-state index in [2.05, 4.69) is 45.0 Å². The predicted octanol–water partition coefficient (Wildman–Crippen LogP) is 3.79. The maximum Gasteiger partial charge on any atom is 0.0674 e. The normalized spacial score (nSPS) is 21.1. The average molecular weight is 275 g/mol. The molecule has 0 amide bonds. The van der Waals surface area contributed by atoms with Gasteiger partial charge in [-0.3, -0.25) is 0 Å². The van der Waals surface area contributed by atoms with Crippen LogP contribution in [0.4, 0.5) is 0 Å². The summed E-state index contributed by atoms with van der Waals surface area (Å²) < 4.78 is 0. The number of benzene rings is 1. The lowest BCUT2D eigenvalue weighted by atomic mass is 9.74. The van der Waals surface area contributed by atoms with Crippen molar-refractivity contribution in [3.63, 3.8) is 0 Å². The van der Waals surface area contributed by atoms with Crippen molar-refractivity contribution in [1.82, 2.24) is 0 Å². The lowest BCUT2D eigenvalue weighted by Gasteiger charge is -2.35. The van der Waals surface area contributed by atoms with Gasteiger partial charge in [0.05, 0.1) is 6.10 Å². The molecule has 0 spiro atoms. The SMILES string of the molecule is CC(C)c1ccc(C(CN)C(O)C2(C)CCCC2)cc1. The second kappa shape index (κ2) is 6.28. The summed E-state index contributed by atoms with van der Waals surface area (Å²) in [5, 5.41) is 10.8. The molecule has 0 aliphatic heterocycles. The summed E-state index contributed by atoms with van der Waals surface area (Å²) in [6.45, 7) is 7.13. The van der Waals surface area contributed by atoms with E-state index >= 15 is 0 Å². The molecule has 0 aromatic heterocycles. The van der Waals surface area contributed by atoms with Crippen LogP contribution in [-0.4, -0.2) is 17.8 Å². The van der Waals surface area contributed by atoms with Gasteiger partial charge in [-0.2, -0.15) is 0 Å². The minimum Gasteiger partial charge on any atom is -0.392 e. The highest BCUT2D eigenvalue weighted by Crippen LogP contribution is 2.44. The van der Waals surface area contributed by atoms with Gasteiger partial charge < -0.3 is 10.8 Å². The molecule has 1 aromatic carbocycles. The molecular weight excluding hydrogens is 246 g/mol. The fourth-order valence-electron chi connectivity index (χ4n) is 3.54. The van der Waals surface area contributed by atoms with Crippen LogP contribution in [0.25, 0.3) is 0 Å². The quantitative estimate of drug-likeness (QED) is 0.858. The van der Waals surface area contributed by atoms with Crippen molar-refractivity contribution < 1.29 is 5.11 Å². The predicted molar refractivity (Wildman–Crippen MR) is 84.9 cm³/mol. The van der Waals surface area contributed by atoms with Crippen LogP contribution in [0.15, 0.2) is 24.3 Å². The first-order valence-electron chi connectivity index (χ1n) is 7.96. The first-order chi connectivity index (χ1) is 9.48. The molecule has 3 N–H and O–H groups in total. The van der Waals surface area contributed by atoms with Crippen molar-refractivity contribution in [3.8, 4) is 0 Å². The Balaban J connectivity index is 2.18. The molecule has 1 aliphatic rings. The first-order valence-corrected chi connectivity index (χ1v) is 7.96. The van der Waals surface area contributed by atoms with Gasteiger partial charge in [-0.1, -0.05) is 57.9 Å². The molecular formula is C18H29NO. The third-order valence-electron chi connectivity index (χ3n) is 5.13. The zero-order valence-corrected chi connectivity index (χ0v) is 13.1. The van der Waals surface area contributed by atoms with Crippen molar-refractivity contribution >= 4 is 0 Å². The summed E-state index contributed by atoms with van der Waals surface area (Å²) in [6.07, 6.45) is 4.37. The Hall–Kier alpha value is -0.860. The van der Waals surface area contributed by atoms with Gasteiger partial charge >= 0.3 is 0 Å². The summed E-state index contributed by atoms with van der Waals surface area (Å²) >= 11 is 0. The Morgan fingerprint density at radius 3 is 2.05 bits per heavy atom. The van der Waals surface area contributed by atoms with E-state index in [4.69, 9.17) is 5.73 Å². The number of nitrogens with two attached hydrogens (primary N) is 1. The van der Waals surface area contributed by atoms with Gasteiger partial charge in [-0.05, 0) is 35.3 Å². The monoisotopic (exact) mass is 275 g/mol. The largest absolute Gasteiger partial charge is 0.392 e. The van der Waals surface area contributed by atoms with Crippen LogP contribution in [0.2, 0.25) is 0 Å². The highest BCUT2D eigenvalue weighted by Gasteiger charge is 2.40. The van der Waals surface area contributed by atoms with Crippen molar-refractivity contribution in [2.75, 3.05) is 6.54 Å². The molecule has 0 radical (unpaired) electrons. The smallest absolute Gasteiger partial charge is 0.0674 e. The molecule has 1 aliphatic carbocycles. The molecule has 0 bridgehead atoms. The van der Waals surface area contributed by atoms with Crippen LogP contribution in [-0.2, 0) is 0 Å². The molecule has 1 aromatic rings. The van der Waals surface area contributed by atoms with Crippen LogP contribution in [0.1, 0.15) is 69.4 Å². The zero-order valence-electron chi connectivity index (χ0n) is 13.1. The number of rotatable bonds is 5. The summed E-state index contributed by atoms with van der Waals surface area (Å²) in [7, 11) is 0. The van der Waals surface area contributed by atoms with Crippen LogP contribution in [0, 0.1) is 5.41 Å². The van der Waals surface area contributed by atoms with E-state index in [9.17, 15) is 5.11 Å². The maximum atomic E-state index is 10.8. The van der Waals surface area contributed by atoms with E-state index in [1.54, 1.807) is 0 Å². The summed E-state index contributed by atoms with van der Waals surface area (Å²) in [5.74, 6) is 0.594.